The van der Waals surface area contributed by atoms with Gasteiger partial charge in [-0.05, 0) is 24.8 Å². The van der Waals surface area contributed by atoms with Crippen LogP contribution in [-0.4, -0.2) is 21.4 Å². The third-order valence-electron chi connectivity index (χ3n) is 3.04. The first-order chi connectivity index (χ1) is 10.2. The average Bonchev–Trinajstić information content (AvgIpc) is 2.97. The lowest BCUT2D eigenvalue weighted by atomic mass is 10.1. The summed E-state index contributed by atoms with van der Waals surface area (Å²) in [4.78, 5) is 4.68. The summed E-state index contributed by atoms with van der Waals surface area (Å²) in [5.74, 6) is 0.702. The molecule has 108 valence electrons. The Morgan fingerprint density at radius 1 is 1.19 bits per heavy atom. The maximum absolute atomic E-state index is 6.46. The van der Waals surface area contributed by atoms with Gasteiger partial charge < -0.3 is 0 Å². The van der Waals surface area contributed by atoms with Gasteiger partial charge in [0.1, 0.15) is 0 Å². The number of para-hydroxylation sites is 1. The second kappa shape index (κ2) is 6.52. The van der Waals surface area contributed by atoms with Crippen LogP contribution in [-0.2, 0) is 5.75 Å². The summed E-state index contributed by atoms with van der Waals surface area (Å²) < 4.78 is 1.93. The molecule has 0 unspecified atom stereocenters. The zero-order valence-electron chi connectivity index (χ0n) is 11.5. The molecule has 0 atom stereocenters. The summed E-state index contributed by atoms with van der Waals surface area (Å²) in [7, 11) is 0. The Morgan fingerprint density at radius 3 is 2.71 bits per heavy atom. The van der Waals surface area contributed by atoms with Crippen molar-refractivity contribution in [3.8, 4) is 0 Å². The first-order valence-electron chi connectivity index (χ1n) is 6.23. The standard InChI is InChI=1S/C14H12ClN3S3/c1-8-9-5-3-4-6-10(9)16-11(12(8)15)7-20-14-18-17-13(19-2)21-14/h3-6H,7H2,1-2H3. The molecular formula is C14H12ClN3S3. The van der Waals surface area contributed by atoms with E-state index < -0.39 is 0 Å². The Morgan fingerprint density at radius 2 is 1.95 bits per heavy atom. The van der Waals surface area contributed by atoms with Crippen LogP contribution >= 0.6 is 46.5 Å². The monoisotopic (exact) mass is 353 g/mol. The minimum absolute atomic E-state index is 0.702. The van der Waals surface area contributed by atoms with Crippen molar-refractivity contribution in [1.82, 2.24) is 15.2 Å². The molecule has 3 aromatic rings. The van der Waals surface area contributed by atoms with Gasteiger partial charge in [0.25, 0.3) is 0 Å². The SMILES string of the molecule is CSc1nnc(SCc2nc3ccccc3c(C)c2Cl)s1. The number of fused-ring (bicyclic) bond motifs is 1. The molecule has 0 saturated heterocycles. The molecular weight excluding hydrogens is 342 g/mol. The molecule has 0 aliphatic carbocycles. The van der Waals surface area contributed by atoms with Crippen molar-refractivity contribution in [1.29, 1.82) is 0 Å². The van der Waals surface area contributed by atoms with E-state index in [0.717, 1.165) is 35.9 Å². The number of pyridine rings is 1. The Bertz CT molecular complexity index is 788. The predicted molar refractivity (Wildman–Crippen MR) is 92.7 cm³/mol. The van der Waals surface area contributed by atoms with Gasteiger partial charge in [0.2, 0.25) is 0 Å². The summed E-state index contributed by atoms with van der Waals surface area (Å²) in [6.45, 7) is 2.04. The molecule has 0 N–H and O–H groups in total. The largest absolute Gasteiger partial charge is 0.250 e. The Balaban J connectivity index is 1.88. The predicted octanol–water partition coefficient (Wildman–Crippen LogP) is 5.06. The Kier molecular flexibility index (Phi) is 4.69. The van der Waals surface area contributed by atoms with Gasteiger partial charge in [-0.15, -0.1) is 10.2 Å². The molecule has 0 spiro atoms. The van der Waals surface area contributed by atoms with Crippen LogP contribution in [0.1, 0.15) is 11.3 Å². The molecule has 0 bridgehead atoms. The van der Waals surface area contributed by atoms with Gasteiger partial charge in [0.15, 0.2) is 8.68 Å². The van der Waals surface area contributed by atoms with E-state index in [4.69, 9.17) is 11.6 Å². The van der Waals surface area contributed by atoms with E-state index in [1.165, 1.54) is 0 Å². The number of rotatable bonds is 4. The van der Waals surface area contributed by atoms with Crippen LogP contribution in [0.4, 0.5) is 0 Å². The lowest BCUT2D eigenvalue weighted by Crippen LogP contribution is -1.94. The van der Waals surface area contributed by atoms with Crippen molar-refractivity contribution in [3.63, 3.8) is 0 Å². The van der Waals surface area contributed by atoms with E-state index in [2.05, 4.69) is 21.2 Å². The summed E-state index contributed by atoms with van der Waals surface area (Å²) in [5.41, 5.74) is 2.97. The van der Waals surface area contributed by atoms with E-state index in [1.807, 2.05) is 31.4 Å². The van der Waals surface area contributed by atoms with Crippen molar-refractivity contribution < 1.29 is 0 Å². The van der Waals surface area contributed by atoms with Gasteiger partial charge in [-0.3, -0.25) is 4.98 Å². The Labute approximate surface area is 140 Å². The summed E-state index contributed by atoms with van der Waals surface area (Å²) in [6, 6.07) is 8.07. The summed E-state index contributed by atoms with van der Waals surface area (Å²) in [6.07, 6.45) is 2.00. The molecule has 0 fully saturated rings. The zero-order valence-corrected chi connectivity index (χ0v) is 14.7. The van der Waals surface area contributed by atoms with Gasteiger partial charge in [-0.2, -0.15) is 0 Å². The highest BCUT2D eigenvalue weighted by molar-refractivity contribution is 8.02. The third-order valence-corrected chi connectivity index (χ3v) is 6.59. The fraction of sp³-hybridized carbons (Fsp3) is 0.214. The fourth-order valence-corrected chi connectivity index (χ4v) is 4.65. The zero-order chi connectivity index (χ0) is 14.8. The fourth-order valence-electron chi connectivity index (χ4n) is 1.98. The molecule has 0 radical (unpaired) electrons. The van der Waals surface area contributed by atoms with Crippen molar-refractivity contribution >= 4 is 57.4 Å². The van der Waals surface area contributed by atoms with Crippen molar-refractivity contribution in [2.45, 2.75) is 21.4 Å². The van der Waals surface area contributed by atoms with E-state index >= 15 is 0 Å². The van der Waals surface area contributed by atoms with Crippen LogP contribution in [0.15, 0.2) is 32.9 Å². The number of halogens is 1. The number of hydrogen-bond acceptors (Lipinski definition) is 6. The van der Waals surface area contributed by atoms with Gasteiger partial charge >= 0.3 is 0 Å². The number of hydrogen-bond donors (Lipinski definition) is 0. The molecule has 2 heterocycles. The number of thioether (sulfide) groups is 2. The highest BCUT2D eigenvalue weighted by Gasteiger charge is 2.12. The van der Waals surface area contributed by atoms with E-state index in [9.17, 15) is 0 Å². The quantitative estimate of drug-likeness (QED) is 0.613. The molecule has 0 aliphatic rings. The van der Waals surface area contributed by atoms with Gasteiger partial charge in [0, 0.05) is 11.1 Å². The van der Waals surface area contributed by atoms with E-state index in [0.29, 0.717) is 5.75 Å². The van der Waals surface area contributed by atoms with Crippen LogP contribution in [0.25, 0.3) is 10.9 Å². The average molecular weight is 354 g/mol. The third kappa shape index (κ3) is 3.18. The van der Waals surface area contributed by atoms with E-state index in [-0.39, 0.29) is 0 Å². The number of benzene rings is 1. The minimum atomic E-state index is 0.702. The van der Waals surface area contributed by atoms with Crippen molar-refractivity contribution in [2.75, 3.05) is 6.26 Å². The summed E-state index contributed by atoms with van der Waals surface area (Å²) >= 11 is 11.3. The molecule has 3 rings (SSSR count). The highest BCUT2D eigenvalue weighted by atomic mass is 35.5. The van der Waals surface area contributed by atoms with Crippen molar-refractivity contribution in [3.05, 3.63) is 40.5 Å². The maximum Gasteiger partial charge on any atom is 0.175 e. The van der Waals surface area contributed by atoms with Gasteiger partial charge in [-0.1, -0.05) is 64.7 Å². The van der Waals surface area contributed by atoms with Crippen LogP contribution in [0.3, 0.4) is 0 Å². The normalized spacial score (nSPS) is 11.2. The van der Waals surface area contributed by atoms with Crippen LogP contribution < -0.4 is 0 Å². The number of aromatic nitrogens is 3. The number of nitrogens with zero attached hydrogens (tertiary/aromatic N) is 3. The molecule has 0 saturated carbocycles. The van der Waals surface area contributed by atoms with Crippen LogP contribution in [0.5, 0.6) is 0 Å². The first kappa shape index (κ1) is 15.1. The molecule has 1 aromatic carbocycles. The summed E-state index contributed by atoms with van der Waals surface area (Å²) in [5, 5.41) is 10.1. The molecule has 2 aromatic heterocycles. The highest BCUT2D eigenvalue weighted by Crippen LogP contribution is 2.33. The van der Waals surface area contributed by atoms with Crippen LogP contribution in [0, 0.1) is 6.92 Å². The topological polar surface area (TPSA) is 38.7 Å². The smallest absolute Gasteiger partial charge is 0.175 e. The second-order valence-electron chi connectivity index (χ2n) is 4.34. The maximum atomic E-state index is 6.46. The van der Waals surface area contributed by atoms with E-state index in [1.54, 1.807) is 34.9 Å². The second-order valence-corrected chi connectivity index (χ2v) is 7.97. The number of aryl methyl sites for hydroxylation is 1. The molecule has 21 heavy (non-hydrogen) atoms. The van der Waals surface area contributed by atoms with Crippen LogP contribution in [0.2, 0.25) is 5.02 Å². The minimum Gasteiger partial charge on any atom is -0.250 e. The molecule has 0 amide bonds. The molecule has 0 aliphatic heterocycles. The molecule has 3 nitrogen and oxygen atoms in total. The first-order valence-corrected chi connectivity index (χ1v) is 9.63. The Hall–Kier alpha value is -0.820. The van der Waals surface area contributed by atoms with Crippen molar-refractivity contribution in [2.24, 2.45) is 0 Å². The lowest BCUT2D eigenvalue weighted by molar-refractivity contribution is 0.955. The van der Waals surface area contributed by atoms with Gasteiger partial charge in [0.05, 0.1) is 16.2 Å². The lowest BCUT2D eigenvalue weighted by Gasteiger charge is -2.09. The molecule has 7 heteroatoms. The van der Waals surface area contributed by atoms with Gasteiger partial charge in [-0.25, -0.2) is 0 Å².